The highest BCUT2D eigenvalue weighted by Crippen LogP contribution is 2.50. The molecule has 1 heterocycles. The topological polar surface area (TPSA) is 77.3 Å². The number of carbonyl (C=O) groups excluding carboxylic acids is 1. The quantitative estimate of drug-likeness (QED) is 0.672. The van der Waals surface area contributed by atoms with Gasteiger partial charge in [-0.2, -0.15) is 0 Å². The molecule has 1 aliphatic rings. The number of alkyl halides is 2. The molecular formula is C18H17ClF3N3O3. The molecule has 2 atom stereocenters. The zero-order valence-electron chi connectivity index (χ0n) is 14.6. The Labute approximate surface area is 163 Å². The number of amides is 1. The molecule has 1 aromatic carbocycles. The number of benzene rings is 1. The number of hydrogen-bond acceptors (Lipinski definition) is 5. The van der Waals surface area contributed by atoms with E-state index in [-0.39, 0.29) is 29.2 Å². The van der Waals surface area contributed by atoms with E-state index >= 15 is 0 Å². The number of allylic oxidation sites excluding steroid dienone is 1. The smallest absolute Gasteiger partial charge is 0.262 e. The molecule has 0 saturated heterocycles. The first kappa shape index (κ1) is 20.2. The number of carbonyl (C=O) groups is 1. The third-order valence-corrected chi connectivity index (χ3v) is 4.49. The molecule has 0 aliphatic heterocycles. The van der Waals surface area contributed by atoms with Crippen LogP contribution in [0.25, 0.3) is 0 Å². The molecule has 0 bridgehead atoms. The van der Waals surface area contributed by atoms with Crippen LogP contribution in [0.3, 0.4) is 0 Å². The van der Waals surface area contributed by atoms with Crippen LogP contribution < -0.4 is 10.1 Å². The molecule has 1 saturated carbocycles. The minimum absolute atomic E-state index is 0.0409. The van der Waals surface area contributed by atoms with E-state index in [4.69, 9.17) is 20.8 Å². The average Bonchev–Trinajstić information content (AvgIpc) is 3.32. The Balaban J connectivity index is 1.39. The van der Waals surface area contributed by atoms with Gasteiger partial charge < -0.3 is 14.5 Å². The van der Waals surface area contributed by atoms with Gasteiger partial charge in [0, 0.05) is 30.0 Å². The van der Waals surface area contributed by atoms with Gasteiger partial charge in [0.15, 0.2) is 6.61 Å². The molecule has 1 amide bonds. The molecule has 3 rings (SSSR count). The van der Waals surface area contributed by atoms with Crippen LogP contribution in [-0.4, -0.2) is 29.1 Å². The van der Waals surface area contributed by atoms with E-state index in [1.165, 1.54) is 12.1 Å². The van der Waals surface area contributed by atoms with E-state index in [1.54, 1.807) is 0 Å². The van der Waals surface area contributed by atoms with Crippen molar-refractivity contribution >= 4 is 17.5 Å². The van der Waals surface area contributed by atoms with Crippen molar-refractivity contribution in [2.45, 2.75) is 31.6 Å². The average molecular weight is 416 g/mol. The Bertz CT molecular complexity index is 875. The zero-order chi connectivity index (χ0) is 20.3. The lowest BCUT2D eigenvalue weighted by Crippen LogP contribution is -2.28. The summed E-state index contributed by atoms with van der Waals surface area (Å²) in [7, 11) is 0. The molecule has 6 nitrogen and oxygen atoms in total. The molecule has 0 unspecified atom stereocenters. The van der Waals surface area contributed by atoms with Crippen molar-refractivity contribution in [3.8, 4) is 5.75 Å². The van der Waals surface area contributed by atoms with Gasteiger partial charge in [0.1, 0.15) is 11.6 Å². The summed E-state index contributed by atoms with van der Waals surface area (Å²) >= 11 is 5.57. The SMILES string of the molecule is C=C(CCc1nnc([C@@H]2C[C@H]2C(F)F)o1)NC(=O)COc1ccc(Cl)c(F)c1. The highest BCUT2D eigenvalue weighted by molar-refractivity contribution is 6.30. The van der Waals surface area contributed by atoms with E-state index in [0.717, 1.165) is 6.07 Å². The van der Waals surface area contributed by atoms with Gasteiger partial charge in [0.05, 0.1) is 5.02 Å². The second kappa shape index (κ2) is 8.64. The van der Waals surface area contributed by atoms with Crippen LogP contribution in [0.2, 0.25) is 5.02 Å². The van der Waals surface area contributed by atoms with Gasteiger partial charge in [-0.3, -0.25) is 4.79 Å². The fourth-order valence-corrected chi connectivity index (χ4v) is 2.68. The van der Waals surface area contributed by atoms with Crippen molar-refractivity contribution in [3.05, 3.63) is 53.1 Å². The normalized spacial score (nSPS) is 18.2. The number of nitrogens with one attached hydrogen (secondary N) is 1. The summed E-state index contributed by atoms with van der Waals surface area (Å²) < 4.78 is 49.0. The molecule has 28 heavy (non-hydrogen) atoms. The molecule has 0 spiro atoms. The maximum Gasteiger partial charge on any atom is 0.262 e. The lowest BCUT2D eigenvalue weighted by atomic mass is 10.2. The Morgan fingerprint density at radius 3 is 2.89 bits per heavy atom. The number of hydrogen-bond donors (Lipinski definition) is 1. The fraction of sp³-hybridized carbons (Fsp3) is 0.389. The minimum atomic E-state index is -2.39. The lowest BCUT2D eigenvalue weighted by molar-refractivity contribution is -0.122. The summed E-state index contributed by atoms with van der Waals surface area (Å²) in [4.78, 5) is 11.9. The lowest BCUT2D eigenvalue weighted by Gasteiger charge is -2.09. The summed E-state index contributed by atoms with van der Waals surface area (Å²) in [6.45, 7) is 3.39. The van der Waals surface area contributed by atoms with E-state index in [2.05, 4.69) is 22.1 Å². The molecule has 10 heteroatoms. The van der Waals surface area contributed by atoms with Crippen LogP contribution in [0.15, 0.2) is 34.9 Å². The molecule has 150 valence electrons. The van der Waals surface area contributed by atoms with Crippen molar-refractivity contribution in [2.75, 3.05) is 6.61 Å². The summed E-state index contributed by atoms with van der Waals surface area (Å²) in [5.74, 6) is -1.52. The van der Waals surface area contributed by atoms with Crippen molar-refractivity contribution in [1.29, 1.82) is 0 Å². The molecule has 1 fully saturated rings. The summed E-state index contributed by atoms with van der Waals surface area (Å²) in [5, 5.41) is 10.1. The Morgan fingerprint density at radius 1 is 1.43 bits per heavy atom. The van der Waals surface area contributed by atoms with Gasteiger partial charge >= 0.3 is 0 Å². The highest BCUT2D eigenvalue weighted by atomic mass is 35.5. The van der Waals surface area contributed by atoms with Gasteiger partial charge in [-0.05, 0) is 25.0 Å². The number of halogens is 4. The van der Waals surface area contributed by atoms with E-state index in [9.17, 15) is 18.0 Å². The first-order valence-corrected chi connectivity index (χ1v) is 8.87. The van der Waals surface area contributed by atoms with Crippen LogP contribution in [0.5, 0.6) is 5.75 Å². The van der Waals surface area contributed by atoms with Crippen LogP contribution in [0.1, 0.15) is 30.5 Å². The van der Waals surface area contributed by atoms with Crippen molar-refractivity contribution in [3.63, 3.8) is 0 Å². The first-order valence-electron chi connectivity index (χ1n) is 8.49. The number of nitrogens with zero attached hydrogens (tertiary/aromatic N) is 2. The Kier molecular flexibility index (Phi) is 6.23. The van der Waals surface area contributed by atoms with E-state index < -0.39 is 24.1 Å². The predicted octanol–water partition coefficient (Wildman–Crippen LogP) is 3.87. The highest BCUT2D eigenvalue weighted by Gasteiger charge is 2.48. The minimum Gasteiger partial charge on any atom is -0.484 e. The molecule has 1 aliphatic carbocycles. The number of aromatic nitrogens is 2. The Morgan fingerprint density at radius 2 is 2.21 bits per heavy atom. The maximum absolute atomic E-state index is 13.3. The fourth-order valence-electron chi connectivity index (χ4n) is 2.56. The van der Waals surface area contributed by atoms with Gasteiger partial charge in [0.2, 0.25) is 18.2 Å². The van der Waals surface area contributed by atoms with Crippen LogP contribution in [0.4, 0.5) is 13.2 Å². The van der Waals surface area contributed by atoms with Crippen molar-refractivity contribution in [1.82, 2.24) is 15.5 Å². The maximum atomic E-state index is 13.3. The standard InChI is InChI=1S/C18H17ClF3N3O3/c1-9(23-15(26)8-27-10-3-4-13(19)14(20)6-10)2-5-16-24-25-18(28-16)12-7-11(12)17(21)22/h3-4,6,11-12,17H,1-2,5,7-8H2,(H,23,26)/t11-,12-/m1/s1. The number of rotatable bonds is 9. The summed E-state index contributed by atoms with van der Waals surface area (Å²) in [6.07, 6.45) is -1.41. The largest absolute Gasteiger partial charge is 0.484 e. The van der Waals surface area contributed by atoms with E-state index in [0.29, 0.717) is 30.9 Å². The van der Waals surface area contributed by atoms with Gasteiger partial charge in [-0.15, -0.1) is 10.2 Å². The van der Waals surface area contributed by atoms with Crippen LogP contribution in [0, 0.1) is 11.7 Å². The molecule has 0 radical (unpaired) electrons. The molecule has 1 aromatic heterocycles. The molecule has 1 N–H and O–H groups in total. The second-order valence-electron chi connectivity index (χ2n) is 6.39. The molecular weight excluding hydrogens is 399 g/mol. The number of aryl methyl sites for hydroxylation is 1. The third-order valence-electron chi connectivity index (χ3n) is 4.18. The summed E-state index contributed by atoms with van der Waals surface area (Å²) in [5.41, 5.74) is 0.396. The van der Waals surface area contributed by atoms with Gasteiger partial charge in [-0.1, -0.05) is 18.2 Å². The van der Waals surface area contributed by atoms with Gasteiger partial charge in [-0.25, -0.2) is 13.2 Å². The molecule has 2 aromatic rings. The zero-order valence-corrected chi connectivity index (χ0v) is 15.4. The Hall–Kier alpha value is -2.55. The third kappa shape index (κ3) is 5.25. The summed E-state index contributed by atoms with van der Waals surface area (Å²) in [6, 6.07) is 3.85. The van der Waals surface area contributed by atoms with Crippen LogP contribution in [-0.2, 0) is 11.2 Å². The van der Waals surface area contributed by atoms with Crippen molar-refractivity contribution in [2.24, 2.45) is 5.92 Å². The number of ether oxygens (including phenoxy) is 1. The monoisotopic (exact) mass is 415 g/mol. The first-order chi connectivity index (χ1) is 13.3. The van der Waals surface area contributed by atoms with Crippen molar-refractivity contribution < 1.29 is 27.1 Å². The second-order valence-corrected chi connectivity index (χ2v) is 6.80. The predicted molar refractivity (Wildman–Crippen MR) is 93.7 cm³/mol. The van der Waals surface area contributed by atoms with Crippen LogP contribution >= 0.6 is 11.6 Å². The van der Waals surface area contributed by atoms with Gasteiger partial charge in [0.25, 0.3) is 5.91 Å². The van der Waals surface area contributed by atoms with E-state index in [1.807, 2.05) is 0 Å².